The molecule has 23 heavy (non-hydrogen) atoms. The lowest BCUT2D eigenvalue weighted by Gasteiger charge is -2.35. The lowest BCUT2D eigenvalue weighted by molar-refractivity contribution is -0.0686. The molecule has 2 atom stereocenters. The van der Waals surface area contributed by atoms with E-state index in [4.69, 9.17) is 21.1 Å². The zero-order valence-electron chi connectivity index (χ0n) is 15.1. The molecule has 4 heteroatoms. The molecule has 1 aliphatic rings. The van der Waals surface area contributed by atoms with Gasteiger partial charge in [-0.05, 0) is 43.9 Å². The predicted octanol–water partition coefficient (Wildman–Crippen LogP) is 4.52. The number of rotatable bonds is 5. The molecular weight excluding hydrogens is 310 g/mol. The molecule has 2 rings (SSSR count). The number of hydrogen-bond acceptors (Lipinski definition) is 3. The smallest absolute Gasteiger partial charge is 0.123 e. The Bertz CT molecular complexity index is 503. The lowest BCUT2D eigenvalue weighted by Crippen LogP contribution is -2.45. The number of nitrogens with zero attached hydrogens (tertiary/aromatic N) is 1. The quantitative estimate of drug-likeness (QED) is 0.736. The zero-order chi connectivity index (χ0) is 17.0. The van der Waals surface area contributed by atoms with E-state index < -0.39 is 0 Å². The summed E-state index contributed by atoms with van der Waals surface area (Å²) in [6.07, 6.45) is 1.66. The third-order valence-corrected chi connectivity index (χ3v) is 4.36. The van der Waals surface area contributed by atoms with Crippen LogP contribution in [0.3, 0.4) is 0 Å². The topological polar surface area (TPSA) is 21.7 Å². The Kier molecular flexibility index (Phi) is 6.35. The van der Waals surface area contributed by atoms with E-state index in [9.17, 15) is 0 Å². The SMILES string of the molecule is C[C@@H]1CN(CCCOc2ccc(Cl)cc2C(C)(C)C)C[C@H](C)O1. The summed E-state index contributed by atoms with van der Waals surface area (Å²) in [5.41, 5.74) is 1.19. The van der Waals surface area contributed by atoms with Crippen molar-refractivity contribution in [3.63, 3.8) is 0 Å². The van der Waals surface area contributed by atoms with Crippen molar-refractivity contribution in [2.24, 2.45) is 0 Å². The molecule has 0 amide bonds. The molecule has 1 aromatic rings. The van der Waals surface area contributed by atoms with Gasteiger partial charge in [0.25, 0.3) is 0 Å². The monoisotopic (exact) mass is 339 g/mol. The van der Waals surface area contributed by atoms with Crippen molar-refractivity contribution in [3.8, 4) is 5.75 Å². The number of ether oxygens (including phenoxy) is 2. The third-order valence-electron chi connectivity index (χ3n) is 4.12. The van der Waals surface area contributed by atoms with Crippen LogP contribution < -0.4 is 4.74 Å². The maximum atomic E-state index is 6.14. The number of benzene rings is 1. The Hall–Kier alpha value is -0.770. The van der Waals surface area contributed by atoms with Crippen molar-refractivity contribution in [1.82, 2.24) is 4.90 Å². The van der Waals surface area contributed by atoms with Crippen molar-refractivity contribution in [3.05, 3.63) is 28.8 Å². The molecule has 0 bridgehead atoms. The first-order valence-corrected chi connectivity index (χ1v) is 8.94. The summed E-state index contributed by atoms with van der Waals surface area (Å²) in [5, 5.41) is 0.763. The van der Waals surface area contributed by atoms with Crippen LogP contribution in [0.2, 0.25) is 5.02 Å². The van der Waals surface area contributed by atoms with Gasteiger partial charge in [-0.3, -0.25) is 4.90 Å². The van der Waals surface area contributed by atoms with Gasteiger partial charge in [0.05, 0.1) is 18.8 Å². The number of halogens is 1. The first kappa shape index (κ1) is 18.6. The Morgan fingerprint density at radius 2 is 1.87 bits per heavy atom. The summed E-state index contributed by atoms with van der Waals surface area (Å²) in [4.78, 5) is 2.47. The van der Waals surface area contributed by atoms with E-state index in [1.54, 1.807) is 0 Å². The van der Waals surface area contributed by atoms with Crippen molar-refractivity contribution >= 4 is 11.6 Å². The fraction of sp³-hybridized carbons (Fsp3) is 0.684. The van der Waals surface area contributed by atoms with Crippen molar-refractivity contribution in [2.75, 3.05) is 26.2 Å². The van der Waals surface area contributed by atoms with Crippen LogP contribution in [-0.2, 0) is 10.2 Å². The van der Waals surface area contributed by atoms with Gasteiger partial charge in [-0.2, -0.15) is 0 Å². The minimum absolute atomic E-state index is 0.0231. The van der Waals surface area contributed by atoms with Gasteiger partial charge in [0.2, 0.25) is 0 Å². The van der Waals surface area contributed by atoms with Gasteiger partial charge in [0.15, 0.2) is 0 Å². The Balaban J connectivity index is 1.85. The highest BCUT2D eigenvalue weighted by Gasteiger charge is 2.22. The van der Waals surface area contributed by atoms with Crippen LogP contribution in [0.4, 0.5) is 0 Å². The molecule has 0 aromatic heterocycles. The van der Waals surface area contributed by atoms with Gasteiger partial charge < -0.3 is 9.47 Å². The molecule has 1 aliphatic heterocycles. The highest BCUT2D eigenvalue weighted by Crippen LogP contribution is 2.33. The van der Waals surface area contributed by atoms with E-state index in [0.717, 1.165) is 43.4 Å². The second-order valence-corrected chi connectivity index (χ2v) is 8.05. The minimum Gasteiger partial charge on any atom is -0.493 e. The molecule has 3 nitrogen and oxygen atoms in total. The van der Waals surface area contributed by atoms with Gasteiger partial charge in [-0.25, -0.2) is 0 Å². The van der Waals surface area contributed by atoms with Crippen molar-refractivity contribution < 1.29 is 9.47 Å². The molecule has 0 radical (unpaired) electrons. The molecule has 0 spiro atoms. The van der Waals surface area contributed by atoms with Gasteiger partial charge in [-0.1, -0.05) is 32.4 Å². The Morgan fingerprint density at radius 1 is 1.22 bits per heavy atom. The average molecular weight is 340 g/mol. The summed E-state index contributed by atoms with van der Waals surface area (Å²) in [6.45, 7) is 14.6. The molecular formula is C19H30ClNO2. The number of morpholine rings is 1. The summed E-state index contributed by atoms with van der Waals surface area (Å²) in [7, 11) is 0. The first-order chi connectivity index (χ1) is 10.8. The lowest BCUT2D eigenvalue weighted by atomic mass is 9.86. The number of hydrogen-bond donors (Lipinski definition) is 0. The Labute approximate surface area is 145 Å². The van der Waals surface area contributed by atoms with E-state index in [-0.39, 0.29) is 5.41 Å². The van der Waals surface area contributed by atoms with Gasteiger partial charge >= 0.3 is 0 Å². The standard InChI is InChI=1S/C19H30ClNO2/c1-14-12-21(13-15(2)23-14)9-6-10-22-18-8-7-16(20)11-17(18)19(3,4)5/h7-8,11,14-15H,6,9-10,12-13H2,1-5H3/t14-,15+. The second-order valence-electron chi connectivity index (χ2n) is 7.61. The molecule has 130 valence electrons. The highest BCUT2D eigenvalue weighted by molar-refractivity contribution is 6.30. The molecule has 0 saturated carbocycles. The van der Waals surface area contributed by atoms with Crippen molar-refractivity contribution in [1.29, 1.82) is 0 Å². The highest BCUT2D eigenvalue weighted by atomic mass is 35.5. The predicted molar refractivity (Wildman–Crippen MR) is 96.7 cm³/mol. The van der Waals surface area contributed by atoms with Crippen LogP contribution in [0.1, 0.15) is 46.6 Å². The van der Waals surface area contributed by atoms with E-state index >= 15 is 0 Å². The first-order valence-electron chi connectivity index (χ1n) is 8.56. The zero-order valence-corrected chi connectivity index (χ0v) is 15.8. The largest absolute Gasteiger partial charge is 0.493 e. The fourth-order valence-corrected chi connectivity index (χ4v) is 3.32. The van der Waals surface area contributed by atoms with Gasteiger partial charge in [-0.15, -0.1) is 0 Å². The van der Waals surface area contributed by atoms with Gasteiger partial charge in [0.1, 0.15) is 5.75 Å². The molecule has 1 saturated heterocycles. The van der Waals surface area contributed by atoms with E-state index in [1.165, 1.54) is 5.56 Å². The summed E-state index contributed by atoms with van der Waals surface area (Å²) >= 11 is 6.14. The van der Waals surface area contributed by atoms with Crippen LogP contribution in [0.5, 0.6) is 5.75 Å². The van der Waals surface area contributed by atoms with E-state index in [1.807, 2.05) is 18.2 Å². The van der Waals surface area contributed by atoms with E-state index in [2.05, 4.69) is 39.5 Å². The van der Waals surface area contributed by atoms with Crippen LogP contribution >= 0.6 is 11.6 Å². The fourth-order valence-electron chi connectivity index (χ4n) is 3.15. The van der Waals surface area contributed by atoms with E-state index in [0.29, 0.717) is 12.2 Å². The van der Waals surface area contributed by atoms with Crippen LogP contribution in [0.15, 0.2) is 18.2 Å². The summed E-state index contributed by atoms with van der Waals surface area (Å²) in [5.74, 6) is 0.950. The maximum Gasteiger partial charge on any atom is 0.123 e. The molecule has 0 unspecified atom stereocenters. The summed E-state index contributed by atoms with van der Waals surface area (Å²) < 4.78 is 11.8. The normalized spacial score (nSPS) is 23.0. The van der Waals surface area contributed by atoms with Crippen LogP contribution in [0, 0.1) is 0 Å². The molecule has 1 fully saturated rings. The van der Waals surface area contributed by atoms with Crippen LogP contribution in [0.25, 0.3) is 0 Å². The maximum absolute atomic E-state index is 6.14. The van der Waals surface area contributed by atoms with Crippen LogP contribution in [-0.4, -0.2) is 43.3 Å². The average Bonchev–Trinajstić information content (AvgIpc) is 2.42. The molecule has 1 heterocycles. The van der Waals surface area contributed by atoms with Crippen molar-refractivity contribution in [2.45, 2.75) is 58.7 Å². The Morgan fingerprint density at radius 3 is 2.48 bits per heavy atom. The third kappa shape index (κ3) is 5.66. The second kappa shape index (κ2) is 7.87. The summed E-state index contributed by atoms with van der Waals surface area (Å²) in [6, 6.07) is 5.90. The molecule has 0 N–H and O–H groups in total. The minimum atomic E-state index is 0.0231. The molecule has 1 aromatic carbocycles. The molecule has 0 aliphatic carbocycles. The van der Waals surface area contributed by atoms with Gasteiger partial charge in [0, 0.05) is 30.2 Å².